The van der Waals surface area contributed by atoms with Crippen LogP contribution in [-0.2, 0) is 0 Å². The van der Waals surface area contributed by atoms with Gasteiger partial charge in [0.2, 0.25) is 0 Å². The van der Waals surface area contributed by atoms with Gasteiger partial charge in [-0.2, -0.15) is 0 Å². The van der Waals surface area contributed by atoms with Gasteiger partial charge in [-0.05, 0) is 18.2 Å². The number of nitrogens with one attached hydrogen (secondary N) is 1. The lowest BCUT2D eigenvalue weighted by Crippen LogP contribution is -2.09. The average molecular weight is 198 g/mol. The predicted molar refractivity (Wildman–Crippen MR) is 59.5 cm³/mol. The highest BCUT2D eigenvalue weighted by Crippen LogP contribution is 2.25. The van der Waals surface area contributed by atoms with E-state index in [2.05, 4.69) is 44.0 Å². The van der Waals surface area contributed by atoms with E-state index in [1.807, 2.05) is 0 Å². The Morgan fingerprint density at radius 1 is 1.20 bits per heavy atom. The van der Waals surface area contributed by atoms with Crippen LogP contribution in [0.5, 0.6) is 0 Å². The van der Waals surface area contributed by atoms with Gasteiger partial charge >= 0.3 is 0 Å². The van der Waals surface area contributed by atoms with Crippen molar-refractivity contribution < 1.29 is 0 Å². The summed E-state index contributed by atoms with van der Waals surface area (Å²) in [5.41, 5.74) is 3.41. The molecule has 2 aromatic heterocycles. The molecule has 0 unspecified atom stereocenters. The van der Waals surface area contributed by atoms with E-state index in [9.17, 15) is 0 Å². The van der Waals surface area contributed by atoms with E-state index >= 15 is 0 Å². The first kappa shape index (κ1) is 7.34. The van der Waals surface area contributed by atoms with Crippen molar-refractivity contribution in [2.45, 2.75) is 0 Å². The van der Waals surface area contributed by atoms with Crippen molar-refractivity contribution >= 4 is 21.9 Å². The van der Waals surface area contributed by atoms with Gasteiger partial charge in [0.25, 0.3) is 0 Å². The van der Waals surface area contributed by atoms with Crippen molar-refractivity contribution in [3.8, 4) is 0 Å². The predicted octanol–water partition coefficient (Wildman–Crippen LogP) is 1.47. The smallest absolute Gasteiger partial charge is 0.0977 e. The molecule has 15 heavy (non-hydrogen) atoms. The SMILES string of the molecule is c1nc2c(ccc3c2ccn3N2CC2)[nH]1. The van der Waals surface area contributed by atoms with Crippen LogP contribution in [0, 0.1) is 0 Å². The minimum absolute atomic E-state index is 1.06. The molecule has 0 radical (unpaired) electrons. The molecular formula is C11H10N4. The number of hydrogen-bond acceptors (Lipinski definition) is 2. The van der Waals surface area contributed by atoms with Crippen LogP contribution in [0.1, 0.15) is 0 Å². The maximum Gasteiger partial charge on any atom is 0.0977 e. The number of rotatable bonds is 1. The Morgan fingerprint density at radius 2 is 2.13 bits per heavy atom. The number of fused-ring (bicyclic) bond motifs is 3. The summed E-state index contributed by atoms with van der Waals surface area (Å²) < 4.78 is 2.21. The quantitative estimate of drug-likeness (QED) is 0.601. The van der Waals surface area contributed by atoms with E-state index < -0.39 is 0 Å². The summed E-state index contributed by atoms with van der Waals surface area (Å²) in [6.45, 7) is 2.31. The third-order valence-electron chi connectivity index (χ3n) is 2.97. The molecule has 1 aliphatic rings. The fourth-order valence-corrected chi connectivity index (χ4v) is 2.12. The van der Waals surface area contributed by atoms with Crippen LogP contribution in [0.2, 0.25) is 0 Å². The first-order valence-electron chi connectivity index (χ1n) is 5.12. The Balaban J connectivity index is 2.16. The molecule has 0 aliphatic carbocycles. The average Bonchev–Trinajstić information content (AvgIpc) is 2.83. The fourth-order valence-electron chi connectivity index (χ4n) is 2.12. The van der Waals surface area contributed by atoms with Crippen molar-refractivity contribution in [2.75, 3.05) is 18.1 Å². The molecule has 1 fully saturated rings. The molecule has 3 heterocycles. The van der Waals surface area contributed by atoms with E-state index in [4.69, 9.17) is 0 Å². The molecule has 1 N–H and O–H groups in total. The van der Waals surface area contributed by atoms with Gasteiger partial charge in [-0.1, -0.05) is 0 Å². The molecule has 0 amide bonds. The third kappa shape index (κ3) is 0.883. The summed E-state index contributed by atoms with van der Waals surface area (Å²) in [6.07, 6.45) is 3.87. The zero-order valence-corrected chi connectivity index (χ0v) is 8.14. The standard InChI is InChI=1S/C11H10N4/c1-2-10-8(11-9(1)12-7-13-11)3-4-15(10)14-5-6-14/h1-4,7H,5-6H2,(H,12,13). The molecule has 0 atom stereocenters. The third-order valence-corrected chi connectivity index (χ3v) is 2.97. The van der Waals surface area contributed by atoms with Gasteiger partial charge in [0, 0.05) is 11.6 Å². The van der Waals surface area contributed by atoms with Crippen LogP contribution in [-0.4, -0.2) is 27.7 Å². The number of H-pyrrole nitrogens is 1. The van der Waals surface area contributed by atoms with Crippen LogP contribution in [0.3, 0.4) is 0 Å². The Morgan fingerprint density at radius 3 is 3.00 bits per heavy atom. The minimum Gasteiger partial charge on any atom is -0.345 e. The number of imidazole rings is 1. The highest BCUT2D eigenvalue weighted by atomic mass is 15.6. The normalized spacial score (nSPS) is 15.3. The highest BCUT2D eigenvalue weighted by Gasteiger charge is 2.19. The van der Waals surface area contributed by atoms with Gasteiger partial charge < -0.3 is 9.99 Å². The molecule has 3 aromatic rings. The Kier molecular flexibility index (Phi) is 1.14. The van der Waals surface area contributed by atoms with E-state index in [0.29, 0.717) is 0 Å². The van der Waals surface area contributed by atoms with Gasteiger partial charge in [0.15, 0.2) is 0 Å². The molecule has 4 nitrogen and oxygen atoms in total. The maximum absolute atomic E-state index is 4.35. The van der Waals surface area contributed by atoms with Crippen LogP contribution in [0.4, 0.5) is 0 Å². The number of aromatic amines is 1. The summed E-state index contributed by atoms with van der Waals surface area (Å²) >= 11 is 0. The first-order valence-corrected chi connectivity index (χ1v) is 5.12. The lowest BCUT2D eigenvalue weighted by Gasteiger charge is -2.05. The molecule has 0 saturated carbocycles. The monoisotopic (exact) mass is 198 g/mol. The number of nitrogens with zero attached hydrogens (tertiary/aromatic N) is 3. The maximum atomic E-state index is 4.35. The topological polar surface area (TPSA) is 36.6 Å². The molecule has 4 rings (SSSR count). The zero-order chi connectivity index (χ0) is 9.83. The zero-order valence-electron chi connectivity index (χ0n) is 8.14. The molecule has 4 heteroatoms. The van der Waals surface area contributed by atoms with Gasteiger partial charge in [0.05, 0.1) is 36.0 Å². The van der Waals surface area contributed by atoms with E-state index in [1.165, 1.54) is 10.9 Å². The number of benzene rings is 1. The second-order valence-corrected chi connectivity index (χ2v) is 3.91. The molecule has 0 bridgehead atoms. The molecule has 1 aromatic carbocycles. The molecule has 1 saturated heterocycles. The molecular weight excluding hydrogens is 188 g/mol. The van der Waals surface area contributed by atoms with Crippen molar-refractivity contribution in [2.24, 2.45) is 0 Å². The van der Waals surface area contributed by atoms with Crippen LogP contribution >= 0.6 is 0 Å². The molecule has 0 spiro atoms. The minimum atomic E-state index is 1.06. The van der Waals surface area contributed by atoms with Gasteiger partial charge in [-0.15, -0.1) is 0 Å². The summed E-state index contributed by atoms with van der Waals surface area (Å²) in [5.74, 6) is 0. The Labute approximate surface area is 86.1 Å². The van der Waals surface area contributed by atoms with Crippen molar-refractivity contribution in [3.63, 3.8) is 0 Å². The lowest BCUT2D eigenvalue weighted by atomic mass is 10.2. The Hall–Kier alpha value is -1.97. The van der Waals surface area contributed by atoms with E-state index in [1.54, 1.807) is 6.33 Å². The van der Waals surface area contributed by atoms with Crippen molar-refractivity contribution in [3.05, 3.63) is 30.7 Å². The molecule has 74 valence electrons. The second-order valence-electron chi connectivity index (χ2n) is 3.91. The van der Waals surface area contributed by atoms with Crippen molar-refractivity contribution in [1.82, 2.24) is 14.6 Å². The lowest BCUT2D eigenvalue weighted by molar-refractivity contribution is 0.880. The summed E-state index contributed by atoms with van der Waals surface area (Å²) in [6, 6.07) is 6.37. The summed E-state index contributed by atoms with van der Waals surface area (Å²) in [7, 11) is 0. The van der Waals surface area contributed by atoms with Crippen LogP contribution in [0.15, 0.2) is 30.7 Å². The second kappa shape index (κ2) is 2.34. The molecule has 1 aliphatic heterocycles. The number of hydrogen-bond donors (Lipinski definition) is 1. The van der Waals surface area contributed by atoms with E-state index in [-0.39, 0.29) is 0 Å². The van der Waals surface area contributed by atoms with Gasteiger partial charge in [-0.25, -0.2) is 4.98 Å². The highest BCUT2D eigenvalue weighted by molar-refractivity contribution is 6.03. The fraction of sp³-hybridized carbons (Fsp3) is 0.182. The van der Waals surface area contributed by atoms with Gasteiger partial charge in [0.1, 0.15) is 0 Å². The largest absolute Gasteiger partial charge is 0.345 e. The Bertz CT molecular complexity index is 645. The van der Waals surface area contributed by atoms with Crippen LogP contribution < -0.4 is 5.01 Å². The van der Waals surface area contributed by atoms with E-state index in [0.717, 1.165) is 24.1 Å². The van der Waals surface area contributed by atoms with Gasteiger partial charge in [-0.3, -0.25) is 4.68 Å². The van der Waals surface area contributed by atoms with Crippen LogP contribution in [0.25, 0.3) is 21.9 Å². The first-order chi connectivity index (χ1) is 7.43. The summed E-state index contributed by atoms with van der Waals surface area (Å²) in [5, 5.41) is 3.52. The summed E-state index contributed by atoms with van der Waals surface area (Å²) in [4.78, 5) is 7.48. The van der Waals surface area contributed by atoms with Crippen molar-refractivity contribution in [1.29, 1.82) is 0 Å². The number of aromatic nitrogens is 3.